The fourth-order valence-electron chi connectivity index (χ4n) is 4.11. The van der Waals surface area contributed by atoms with Crippen LogP contribution in [0.2, 0.25) is 0 Å². The van der Waals surface area contributed by atoms with Crippen LogP contribution in [0.1, 0.15) is 55.7 Å². The number of hydrogen-bond acceptors (Lipinski definition) is 3. The van der Waals surface area contributed by atoms with E-state index in [-0.39, 0.29) is 17.9 Å². The van der Waals surface area contributed by atoms with Crippen LogP contribution in [0.4, 0.5) is 0 Å². The molecule has 0 bridgehead atoms. The Balaban J connectivity index is 1.65. The van der Waals surface area contributed by atoms with E-state index in [4.69, 9.17) is 4.74 Å². The van der Waals surface area contributed by atoms with Gasteiger partial charge in [0.1, 0.15) is 0 Å². The number of ether oxygens (including phenoxy) is 1. The summed E-state index contributed by atoms with van der Waals surface area (Å²) in [5, 5.41) is 3.27. The second-order valence-electron chi connectivity index (χ2n) is 7.51. The van der Waals surface area contributed by atoms with E-state index in [1.165, 1.54) is 36.8 Å². The van der Waals surface area contributed by atoms with Crippen LogP contribution in [0.3, 0.4) is 0 Å². The lowest BCUT2D eigenvalue weighted by atomic mass is 9.98. The van der Waals surface area contributed by atoms with Gasteiger partial charge in [0.05, 0.1) is 19.3 Å². The molecule has 1 amide bonds. The highest BCUT2D eigenvalue weighted by atomic mass is 16.5. The Morgan fingerprint density at radius 1 is 1.20 bits per heavy atom. The molecule has 1 aromatic rings. The normalized spacial score (nSPS) is 21.5. The monoisotopic (exact) mass is 344 g/mol. The molecule has 1 unspecified atom stereocenters. The van der Waals surface area contributed by atoms with Crippen LogP contribution in [-0.4, -0.2) is 43.7 Å². The maximum absolute atomic E-state index is 12.7. The van der Waals surface area contributed by atoms with Crippen molar-refractivity contribution in [3.63, 3.8) is 0 Å². The first-order valence-corrected chi connectivity index (χ1v) is 9.90. The van der Waals surface area contributed by atoms with Gasteiger partial charge in [-0.3, -0.25) is 9.69 Å². The fourth-order valence-corrected chi connectivity index (χ4v) is 4.11. The van der Waals surface area contributed by atoms with E-state index in [1.807, 2.05) is 0 Å². The Hall–Kier alpha value is -1.39. The third kappa shape index (κ3) is 5.29. The molecule has 1 aliphatic heterocycles. The topological polar surface area (TPSA) is 41.6 Å². The quantitative estimate of drug-likeness (QED) is 0.832. The maximum atomic E-state index is 12.7. The molecule has 2 aliphatic rings. The molecule has 1 heterocycles. The van der Waals surface area contributed by atoms with Gasteiger partial charge in [0, 0.05) is 25.6 Å². The summed E-state index contributed by atoms with van der Waals surface area (Å²) >= 11 is 0. The van der Waals surface area contributed by atoms with Crippen molar-refractivity contribution in [3.8, 4) is 0 Å². The molecule has 1 saturated heterocycles. The third-order valence-electron chi connectivity index (χ3n) is 5.61. The van der Waals surface area contributed by atoms with Gasteiger partial charge in [0.15, 0.2) is 0 Å². The van der Waals surface area contributed by atoms with Crippen molar-refractivity contribution >= 4 is 5.91 Å². The average Bonchev–Trinajstić information content (AvgIpc) is 2.92. The van der Waals surface area contributed by atoms with Crippen LogP contribution in [0.25, 0.3) is 0 Å². The summed E-state index contributed by atoms with van der Waals surface area (Å²) in [6, 6.07) is 8.91. The van der Waals surface area contributed by atoms with E-state index in [0.717, 1.165) is 39.1 Å². The SMILES string of the molecule is Cc1cccc(C(CNC(=O)C2CCCCCC2)N2CCOCC2)c1. The lowest BCUT2D eigenvalue weighted by molar-refractivity contribution is -0.125. The van der Waals surface area contributed by atoms with E-state index in [2.05, 4.69) is 41.4 Å². The molecular formula is C21H32N2O2. The highest BCUT2D eigenvalue weighted by Crippen LogP contribution is 2.25. The van der Waals surface area contributed by atoms with Gasteiger partial charge in [-0.15, -0.1) is 0 Å². The Kier molecular flexibility index (Phi) is 6.88. The molecule has 4 heteroatoms. The first-order valence-electron chi connectivity index (χ1n) is 9.90. The fraction of sp³-hybridized carbons (Fsp3) is 0.667. The summed E-state index contributed by atoms with van der Waals surface area (Å²) in [5.74, 6) is 0.471. The lowest BCUT2D eigenvalue weighted by Gasteiger charge is -2.35. The van der Waals surface area contributed by atoms with Crippen molar-refractivity contribution in [1.82, 2.24) is 10.2 Å². The molecule has 138 valence electrons. The first kappa shape index (κ1) is 18.4. The molecule has 3 rings (SSSR count). The third-order valence-corrected chi connectivity index (χ3v) is 5.61. The molecule has 1 saturated carbocycles. The second kappa shape index (κ2) is 9.35. The Bertz CT molecular complexity index is 547. The zero-order valence-electron chi connectivity index (χ0n) is 15.5. The van der Waals surface area contributed by atoms with Gasteiger partial charge in [-0.25, -0.2) is 0 Å². The second-order valence-corrected chi connectivity index (χ2v) is 7.51. The van der Waals surface area contributed by atoms with E-state index in [1.54, 1.807) is 0 Å². The Morgan fingerprint density at radius 3 is 2.60 bits per heavy atom. The minimum absolute atomic E-state index is 0.213. The molecule has 1 aromatic carbocycles. The van der Waals surface area contributed by atoms with Gasteiger partial charge < -0.3 is 10.1 Å². The van der Waals surface area contributed by atoms with Crippen LogP contribution in [0, 0.1) is 12.8 Å². The number of benzene rings is 1. The molecule has 0 spiro atoms. The summed E-state index contributed by atoms with van der Waals surface area (Å²) in [6.07, 6.45) is 7.07. The molecule has 25 heavy (non-hydrogen) atoms. The predicted molar refractivity (Wildman–Crippen MR) is 101 cm³/mol. The largest absolute Gasteiger partial charge is 0.379 e. The van der Waals surface area contributed by atoms with Crippen LogP contribution in [0.15, 0.2) is 24.3 Å². The van der Waals surface area contributed by atoms with Crippen LogP contribution >= 0.6 is 0 Å². The van der Waals surface area contributed by atoms with E-state index in [9.17, 15) is 4.79 Å². The molecule has 2 fully saturated rings. The van der Waals surface area contributed by atoms with E-state index >= 15 is 0 Å². The number of carbonyl (C=O) groups excluding carboxylic acids is 1. The number of hydrogen-bond donors (Lipinski definition) is 1. The van der Waals surface area contributed by atoms with E-state index < -0.39 is 0 Å². The van der Waals surface area contributed by atoms with Crippen LogP contribution < -0.4 is 5.32 Å². The van der Waals surface area contributed by atoms with Crippen molar-refractivity contribution in [2.45, 2.75) is 51.5 Å². The molecule has 0 aromatic heterocycles. The van der Waals surface area contributed by atoms with Gasteiger partial charge in [-0.2, -0.15) is 0 Å². The minimum Gasteiger partial charge on any atom is -0.379 e. The number of nitrogens with zero attached hydrogens (tertiary/aromatic N) is 1. The molecule has 1 N–H and O–H groups in total. The zero-order chi connectivity index (χ0) is 17.5. The Morgan fingerprint density at radius 2 is 1.92 bits per heavy atom. The Labute approximate surface area is 151 Å². The van der Waals surface area contributed by atoms with Crippen LogP contribution in [0.5, 0.6) is 0 Å². The summed E-state index contributed by atoms with van der Waals surface area (Å²) in [4.78, 5) is 15.1. The molecular weight excluding hydrogens is 312 g/mol. The zero-order valence-corrected chi connectivity index (χ0v) is 15.5. The molecule has 4 nitrogen and oxygen atoms in total. The highest BCUT2D eigenvalue weighted by Gasteiger charge is 2.25. The summed E-state index contributed by atoms with van der Waals surface area (Å²) in [7, 11) is 0. The van der Waals surface area contributed by atoms with Crippen molar-refractivity contribution in [3.05, 3.63) is 35.4 Å². The van der Waals surface area contributed by atoms with Gasteiger partial charge in [-0.05, 0) is 25.3 Å². The van der Waals surface area contributed by atoms with Crippen LogP contribution in [-0.2, 0) is 9.53 Å². The highest BCUT2D eigenvalue weighted by molar-refractivity contribution is 5.78. The van der Waals surface area contributed by atoms with Gasteiger partial charge in [0.25, 0.3) is 0 Å². The number of morpholine rings is 1. The number of aryl methyl sites for hydroxylation is 1. The number of amides is 1. The van der Waals surface area contributed by atoms with Crippen molar-refractivity contribution in [1.29, 1.82) is 0 Å². The lowest BCUT2D eigenvalue weighted by Crippen LogP contribution is -2.44. The number of carbonyl (C=O) groups is 1. The summed E-state index contributed by atoms with van der Waals surface area (Å²) in [6.45, 7) is 6.23. The van der Waals surface area contributed by atoms with Crippen molar-refractivity contribution in [2.24, 2.45) is 5.92 Å². The number of nitrogens with one attached hydrogen (secondary N) is 1. The smallest absolute Gasteiger partial charge is 0.223 e. The van der Waals surface area contributed by atoms with Gasteiger partial charge >= 0.3 is 0 Å². The van der Waals surface area contributed by atoms with Crippen molar-refractivity contribution < 1.29 is 9.53 Å². The van der Waals surface area contributed by atoms with Gasteiger partial charge in [-0.1, -0.05) is 55.5 Å². The minimum atomic E-state index is 0.213. The standard InChI is InChI=1S/C21H32N2O2/c1-17-7-6-10-19(15-17)20(23-11-13-25-14-12-23)16-22-21(24)18-8-4-2-3-5-9-18/h6-7,10,15,18,20H,2-5,8-9,11-14,16H2,1H3,(H,22,24). The average molecular weight is 344 g/mol. The first-order chi connectivity index (χ1) is 12.2. The van der Waals surface area contributed by atoms with Crippen molar-refractivity contribution in [2.75, 3.05) is 32.8 Å². The molecule has 1 aliphatic carbocycles. The maximum Gasteiger partial charge on any atom is 0.223 e. The summed E-state index contributed by atoms with van der Waals surface area (Å²) in [5.41, 5.74) is 2.56. The van der Waals surface area contributed by atoms with E-state index in [0.29, 0.717) is 6.54 Å². The molecule has 0 radical (unpaired) electrons. The summed E-state index contributed by atoms with van der Waals surface area (Å²) < 4.78 is 5.52. The molecule has 1 atom stereocenters. The number of rotatable bonds is 5. The predicted octanol–water partition coefficient (Wildman–Crippen LogP) is 3.45. The van der Waals surface area contributed by atoms with Gasteiger partial charge in [0.2, 0.25) is 5.91 Å².